The average molecular weight is 903 g/mol. The second-order valence-electron chi connectivity index (χ2n) is 19.3. The Morgan fingerprint density at radius 1 is 0.953 bits per heavy atom. The summed E-state index contributed by atoms with van der Waals surface area (Å²) in [5.41, 5.74) is -6.82. The molecule has 6 aliphatic rings. The van der Waals surface area contributed by atoms with Crippen molar-refractivity contribution in [3.63, 3.8) is 0 Å². The fraction of sp³-hybridized carbons (Fsp3) is 0.745. The Labute approximate surface area is 374 Å². The fourth-order valence-corrected chi connectivity index (χ4v) is 11.7. The van der Waals surface area contributed by atoms with Gasteiger partial charge >= 0.3 is 0 Å². The van der Waals surface area contributed by atoms with Crippen LogP contribution in [0.15, 0.2) is 36.5 Å². The van der Waals surface area contributed by atoms with Crippen LogP contribution in [0.1, 0.15) is 112 Å². The Hall–Kier alpha value is -3.90. The van der Waals surface area contributed by atoms with Gasteiger partial charge in [-0.25, -0.2) is 8.78 Å². The van der Waals surface area contributed by atoms with Crippen molar-refractivity contribution in [2.75, 3.05) is 19.9 Å². The van der Waals surface area contributed by atoms with Gasteiger partial charge in [-0.2, -0.15) is 0 Å². The van der Waals surface area contributed by atoms with Crippen molar-refractivity contribution < 1.29 is 61.6 Å². The summed E-state index contributed by atoms with van der Waals surface area (Å²) in [6.07, 6.45) is 7.43. The molecule has 6 rings (SSSR count). The average Bonchev–Trinajstić information content (AvgIpc) is 3.72. The van der Waals surface area contributed by atoms with Crippen molar-refractivity contribution in [2.24, 2.45) is 28.6 Å². The molecule has 3 unspecified atom stereocenters. The van der Waals surface area contributed by atoms with E-state index < -0.39 is 125 Å². The summed E-state index contributed by atoms with van der Waals surface area (Å²) in [6, 6.07) is -3.12. The number of carbonyl (C=O) groups is 6. The molecule has 64 heavy (non-hydrogen) atoms. The van der Waals surface area contributed by atoms with Gasteiger partial charge in [0, 0.05) is 16.7 Å². The van der Waals surface area contributed by atoms with Gasteiger partial charge in [-0.15, -0.1) is 6.58 Å². The Morgan fingerprint density at radius 3 is 2.31 bits per heavy atom. The van der Waals surface area contributed by atoms with Crippen molar-refractivity contribution in [1.82, 2.24) is 21.3 Å². The van der Waals surface area contributed by atoms with Gasteiger partial charge in [-0.1, -0.05) is 51.7 Å². The molecule has 1 saturated heterocycles. The van der Waals surface area contributed by atoms with E-state index in [1.165, 1.54) is 39.8 Å². The lowest BCUT2D eigenvalue weighted by Crippen LogP contribution is -2.71. The van der Waals surface area contributed by atoms with E-state index in [0.717, 1.165) is 44.6 Å². The van der Waals surface area contributed by atoms with Crippen LogP contribution in [0.3, 0.4) is 0 Å². The highest BCUT2D eigenvalue weighted by Crippen LogP contribution is 2.72. The fourth-order valence-electron chi connectivity index (χ4n) is 11.7. The SMILES string of the molecule is C=CC1CCCCCC(OCC(=O)N[C@@H](C)C(=O)N[C@H](C)C(=O)N[C@@H](C)C(=O)NCOCC(=O)[C@@]23OC(CCC)O[C@@H]2C[C@H]2[C@@H]4C[C@H](F)C5=CC(=O)C=C[C@]5(C)[C@@]4(F)[C@@H](O)C[C@@]23C)C1. The molecular weight excluding hydrogens is 835 g/mol. The molecule has 17 heteroatoms. The van der Waals surface area contributed by atoms with Gasteiger partial charge in [0.2, 0.25) is 23.6 Å². The molecule has 15 nitrogen and oxygen atoms in total. The quantitative estimate of drug-likeness (QED) is 0.0804. The largest absolute Gasteiger partial charge is 0.390 e. The molecule has 5 aliphatic carbocycles. The molecule has 0 radical (unpaired) electrons. The summed E-state index contributed by atoms with van der Waals surface area (Å²) in [7, 11) is 0. The van der Waals surface area contributed by atoms with Gasteiger partial charge in [0.1, 0.15) is 44.2 Å². The van der Waals surface area contributed by atoms with Crippen LogP contribution in [-0.4, -0.2) is 120 Å². The number of allylic oxidation sites excluding steroid dienone is 5. The molecule has 0 spiro atoms. The van der Waals surface area contributed by atoms with E-state index in [1.54, 1.807) is 6.92 Å². The van der Waals surface area contributed by atoms with Gasteiger partial charge in [0.05, 0.1) is 18.3 Å². The number of rotatable bonds is 17. The van der Waals surface area contributed by atoms with Crippen LogP contribution >= 0.6 is 0 Å². The molecule has 4 saturated carbocycles. The Bertz CT molecular complexity index is 1880. The van der Waals surface area contributed by atoms with Gasteiger partial charge in [-0.3, -0.25) is 28.8 Å². The van der Waals surface area contributed by atoms with Crippen LogP contribution in [0.25, 0.3) is 0 Å². The summed E-state index contributed by atoms with van der Waals surface area (Å²) in [6.45, 7) is 12.3. The van der Waals surface area contributed by atoms with Crippen LogP contribution in [0.2, 0.25) is 0 Å². The molecule has 5 fully saturated rings. The van der Waals surface area contributed by atoms with Crippen LogP contribution in [0.5, 0.6) is 0 Å². The summed E-state index contributed by atoms with van der Waals surface area (Å²) in [4.78, 5) is 78.1. The van der Waals surface area contributed by atoms with Crippen molar-refractivity contribution in [3.05, 3.63) is 36.5 Å². The molecule has 0 bridgehead atoms. The number of alkyl halides is 2. The number of aliphatic hydroxyl groups excluding tert-OH is 1. The second kappa shape index (κ2) is 19.9. The highest BCUT2D eigenvalue weighted by molar-refractivity contribution is 6.01. The van der Waals surface area contributed by atoms with Gasteiger partial charge in [0.15, 0.2) is 29.1 Å². The summed E-state index contributed by atoms with van der Waals surface area (Å²) < 4.78 is 58.2. The molecule has 1 aliphatic heterocycles. The summed E-state index contributed by atoms with van der Waals surface area (Å²) in [5, 5.41) is 22.0. The third-order valence-corrected chi connectivity index (χ3v) is 15.2. The number of ketones is 2. The van der Waals surface area contributed by atoms with Crippen LogP contribution in [-0.2, 0) is 47.7 Å². The summed E-state index contributed by atoms with van der Waals surface area (Å²) in [5.74, 6) is -4.72. The Morgan fingerprint density at radius 2 is 1.62 bits per heavy atom. The third-order valence-electron chi connectivity index (χ3n) is 15.2. The molecule has 356 valence electrons. The molecule has 0 aromatic carbocycles. The molecule has 15 atom stereocenters. The molecule has 1 heterocycles. The van der Waals surface area contributed by atoms with Crippen LogP contribution < -0.4 is 21.3 Å². The number of halogens is 2. The van der Waals surface area contributed by atoms with Crippen LogP contribution in [0, 0.1) is 28.6 Å². The highest BCUT2D eigenvalue weighted by atomic mass is 19.1. The Balaban J connectivity index is 0.993. The van der Waals surface area contributed by atoms with Crippen molar-refractivity contribution in [3.8, 4) is 0 Å². The maximum Gasteiger partial charge on any atom is 0.246 e. The number of hydrogen-bond acceptors (Lipinski definition) is 11. The number of hydrogen-bond donors (Lipinski definition) is 5. The zero-order valence-corrected chi connectivity index (χ0v) is 38.1. The molecule has 5 N–H and O–H groups in total. The minimum Gasteiger partial charge on any atom is -0.390 e. The first-order chi connectivity index (χ1) is 30.2. The number of nitrogens with one attached hydrogen (secondary N) is 4. The monoisotopic (exact) mass is 902 g/mol. The number of ether oxygens (including phenoxy) is 4. The molecule has 4 amide bonds. The van der Waals surface area contributed by atoms with Gasteiger partial charge < -0.3 is 45.3 Å². The predicted molar refractivity (Wildman–Crippen MR) is 229 cm³/mol. The lowest BCUT2D eigenvalue weighted by molar-refractivity contribution is -0.235. The first kappa shape index (κ1) is 49.5. The standard InChI is InChI=1S/C47H68F2N4O11/c1-8-13-40-63-38-21-32-33-20-35(48)34-19-30(54)16-17-44(34,6)46(33,49)36(55)22-45(32,7)47(38,64-40)37(56)23-61-25-50-41(58)26(3)52-43(60)28(5)53-42(59)27(4)51-39(57)24-62-31-15-12-10-11-14-29(9-2)18-31/h9,16-17,19,26-29,31-33,35-36,38,40,55H,2,8,10-15,18,20-25H2,1,3-7H3,(H,50,58)(H,51,57)(H,52,60)(H,53,59)/t26-,27-,28+,29?,31?,32-,33-,35-,36-,38+,40?,44-,45-,46-,47+/m0/s1. The van der Waals surface area contributed by atoms with E-state index in [1.807, 2.05) is 13.0 Å². The van der Waals surface area contributed by atoms with Gasteiger partial charge in [-0.05, 0) is 102 Å². The lowest BCUT2D eigenvalue weighted by Gasteiger charge is -2.63. The van der Waals surface area contributed by atoms with E-state index in [-0.39, 0.29) is 37.5 Å². The molecule has 0 aromatic rings. The van der Waals surface area contributed by atoms with E-state index in [9.17, 15) is 33.9 Å². The minimum absolute atomic E-state index is 0.00257. The number of Topliss-reactive ketones (excluding diaryl/α,β-unsaturated/α-hetero) is 1. The van der Waals surface area contributed by atoms with E-state index >= 15 is 8.78 Å². The first-order valence-electron chi connectivity index (χ1n) is 23.1. The Kier molecular flexibility index (Phi) is 15.4. The third kappa shape index (κ3) is 9.25. The van der Waals surface area contributed by atoms with Crippen molar-refractivity contribution >= 4 is 35.2 Å². The number of carbonyl (C=O) groups excluding carboxylic acids is 6. The zero-order valence-electron chi connectivity index (χ0n) is 38.1. The van der Waals surface area contributed by atoms with E-state index in [0.29, 0.717) is 18.8 Å². The van der Waals surface area contributed by atoms with Gasteiger partial charge in [0.25, 0.3) is 0 Å². The predicted octanol–water partition coefficient (Wildman–Crippen LogP) is 3.91. The molecular formula is C47H68F2N4O11. The second-order valence-corrected chi connectivity index (χ2v) is 19.3. The topological polar surface area (TPSA) is 208 Å². The summed E-state index contributed by atoms with van der Waals surface area (Å²) >= 11 is 0. The highest BCUT2D eigenvalue weighted by Gasteiger charge is 2.80. The number of amides is 4. The van der Waals surface area contributed by atoms with Crippen molar-refractivity contribution in [2.45, 2.75) is 172 Å². The lowest BCUT2D eigenvalue weighted by atomic mass is 9.44. The number of fused-ring (bicyclic) bond motifs is 7. The minimum atomic E-state index is -2.35. The number of aliphatic hydroxyl groups is 1. The van der Waals surface area contributed by atoms with Crippen LogP contribution in [0.4, 0.5) is 8.78 Å². The van der Waals surface area contributed by atoms with E-state index in [4.69, 9.17) is 18.9 Å². The zero-order chi connectivity index (χ0) is 46.8. The molecule has 0 aromatic heterocycles. The van der Waals surface area contributed by atoms with E-state index in [2.05, 4.69) is 27.8 Å². The first-order valence-corrected chi connectivity index (χ1v) is 23.1. The maximum absolute atomic E-state index is 17.8. The smallest absolute Gasteiger partial charge is 0.246 e. The normalized spacial score (nSPS) is 38.0. The maximum atomic E-state index is 17.8. The van der Waals surface area contributed by atoms with Crippen molar-refractivity contribution in [1.29, 1.82) is 0 Å².